The second-order valence-electron chi connectivity index (χ2n) is 2.65. The molecule has 0 spiro atoms. The van der Waals surface area contributed by atoms with Crippen LogP contribution in [0, 0.1) is 0 Å². The second-order valence-corrected chi connectivity index (χ2v) is 2.65. The SMILES string of the molecule is C=CC(=O)NCCCN(C)C.CN.Cl. The molecule has 0 rings (SSSR count). The van der Waals surface area contributed by atoms with Crippen molar-refractivity contribution < 1.29 is 4.79 Å². The van der Waals surface area contributed by atoms with E-state index in [2.05, 4.69) is 22.5 Å². The molecule has 86 valence electrons. The van der Waals surface area contributed by atoms with E-state index < -0.39 is 0 Å². The summed E-state index contributed by atoms with van der Waals surface area (Å²) < 4.78 is 0. The standard InChI is InChI=1S/C8H16N2O.CH5N.ClH/c1-4-8(11)9-6-5-7-10(2)3;1-2;/h4H,1,5-7H2,2-3H3,(H,9,11);2H2,1H3;1H. The van der Waals surface area contributed by atoms with Gasteiger partial charge in [-0.05, 0) is 40.2 Å². The third-order valence-corrected chi connectivity index (χ3v) is 1.27. The molecule has 4 nitrogen and oxygen atoms in total. The van der Waals surface area contributed by atoms with Crippen LogP contribution in [0.5, 0.6) is 0 Å². The average molecular weight is 224 g/mol. The van der Waals surface area contributed by atoms with Gasteiger partial charge in [-0.3, -0.25) is 4.79 Å². The lowest BCUT2D eigenvalue weighted by Gasteiger charge is -2.08. The smallest absolute Gasteiger partial charge is 0.243 e. The molecule has 3 N–H and O–H groups in total. The van der Waals surface area contributed by atoms with Gasteiger partial charge in [0.05, 0.1) is 0 Å². The van der Waals surface area contributed by atoms with E-state index in [-0.39, 0.29) is 18.3 Å². The van der Waals surface area contributed by atoms with Crippen LogP contribution >= 0.6 is 12.4 Å². The highest BCUT2D eigenvalue weighted by molar-refractivity contribution is 5.86. The zero-order valence-electron chi connectivity index (χ0n) is 9.25. The second kappa shape index (κ2) is 14.9. The summed E-state index contributed by atoms with van der Waals surface area (Å²) in [6.07, 6.45) is 2.27. The molecule has 0 fully saturated rings. The molecule has 0 radical (unpaired) electrons. The van der Waals surface area contributed by atoms with E-state index in [4.69, 9.17) is 0 Å². The van der Waals surface area contributed by atoms with Gasteiger partial charge in [-0.15, -0.1) is 12.4 Å². The van der Waals surface area contributed by atoms with Crippen molar-refractivity contribution in [3.8, 4) is 0 Å². The van der Waals surface area contributed by atoms with E-state index in [0.29, 0.717) is 0 Å². The molecule has 14 heavy (non-hydrogen) atoms. The van der Waals surface area contributed by atoms with Crippen LogP contribution < -0.4 is 11.1 Å². The van der Waals surface area contributed by atoms with Gasteiger partial charge in [0, 0.05) is 6.54 Å². The molecule has 0 aromatic carbocycles. The van der Waals surface area contributed by atoms with Crippen molar-refractivity contribution in [3.63, 3.8) is 0 Å². The van der Waals surface area contributed by atoms with Gasteiger partial charge >= 0.3 is 0 Å². The normalized spacial score (nSPS) is 8.07. The Morgan fingerprint density at radius 3 is 2.36 bits per heavy atom. The Morgan fingerprint density at radius 1 is 1.50 bits per heavy atom. The van der Waals surface area contributed by atoms with E-state index in [0.717, 1.165) is 19.5 Å². The number of hydrogen-bond donors (Lipinski definition) is 2. The predicted octanol–water partition coefficient (Wildman–Crippen LogP) is 0.237. The number of amides is 1. The molecule has 0 saturated heterocycles. The molecule has 0 aliphatic rings. The zero-order valence-corrected chi connectivity index (χ0v) is 10.1. The van der Waals surface area contributed by atoms with Crippen LogP contribution in [-0.2, 0) is 4.79 Å². The van der Waals surface area contributed by atoms with Gasteiger partial charge < -0.3 is 16.0 Å². The first-order valence-corrected chi connectivity index (χ1v) is 4.29. The fraction of sp³-hybridized carbons (Fsp3) is 0.667. The Hall–Kier alpha value is -0.580. The quantitative estimate of drug-likeness (QED) is 0.519. The Kier molecular flexibility index (Phi) is 20.3. The summed E-state index contributed by atoms with van der Waals surface area (Å²) in [4.78, 5) is 12.7. The van der Waals surface area contributed by atoms with Gasteiger partial charge in [0.25, 0.3) is 0 Å². The Labute approximate surface area is 92.9 Å². The molecule has 0 unspecified atom stereocenters. The maximum absolute atomic E-state index is 10.6. The minimum atomic E-state index is -0.0937. The molecule has 0 aromatic rings. The van der Waals surface area contributed by atoms with Gasteiger partial charge in [-0.2, -0.15) is 0 Å². The van der Waals surface area contributed by atoms with Crippen LogP contribution in [0.25, 0.3) is 0 Å². The molecular weight excluding hydrogens is 202 g/mol. The summed E-state index contributed by atoms with van der Waals surface area (Å²) in [5.74, 6) is -0.0937. The minimum absolute atomic E-state index is 0. The maximum Gasteiger partial charge on any atom is 0.243 e. The first-order valence-electron chi connectivity index (χ1n) is 4.29. The number of nitrogens with two attached hydrogens (primary N) is 1. The van der Waals surface area contributed by atoms with E-state index >= 15 is 0 Å². The van der Waals surface area contributed by atoms with Crippen LogP contribution in [0.15, 0.2) is 12.7 Å². The largest absolute Gasteiger partial charge is 0.353 e. The highest BCUT2D eigenvalue weighted by atomic mass is 35.5. The van der Waals surface area contributed by atoms with E-state index in [1.54, 1.807) is 0 Å². The monoisotopic (exact) mass is 223 g/mol. The molecule has 0 atom stereocenters. The highest BCUT2D eigenvalue weighted by Gasteiger charge is 1.92. The Balaban J connectivity index is -0.000000376. The third kappa shape index (κ3) is 17.5. The highest BCUT2D eigenvalue weighted by Crippen LogP contribution is 1.80. The number of nitrogens with zero attached hydrogens (tertiary/aromatic N) is 1. The van der Waals surface area contributed by atoms with Crippen LogP contribution in [0.4, 0.5) is 0 Å². The molecular formula is C9H22ClN3O. The van der Waals surface area contributed by atoms with Gasteiger partial charge in [0.2, 0.25) is 5.91 Å². The lowest BCUT2D eigenvalue weighted by atomic mass is 10.4. The topological polar surface area (TPSA) is 58.4 Å². The van der Waals surface area contributed by atoms with Crippen molar-refractivity contribution in [2.75, 3.05) is 34.2 Å². The van der Waals surface area contributed by atoms with Crippen molar-refractivity contribution in [2.24, 2.45) is 5.73 Å². The van der Waals surface area contributed by atoms with Gasteiger partial charge in [0.1, 0.15) is 0 Å². The Morgan fingerprint density at radius 2 is 2.00 bits per heavy atom. The summed E-state index contributed by atoms with van der Waals surface area (Å²) in [5, 5.41) is 2.70. The predicted molar refractivity (Wildman–Crippen MR) is 63.7 cm³/mol. The molecule has 0 saturated carbocycles. The average Bonchev–Trinajstić information content (AvgIpc) is 2.15. The number of carbonyl (C=O) groups excluding carboxylic acids is 1. The van der Waals surface area contributed by atoms with Crippen LogP contribution in [0.1, 0.15) is 6.42 Å². The van der Waals surface area contributed by atoms with E-state index in [1.807, 2.05) is 14.1 Å². The van der Waals surface area contributed by atoms with E-state index in [1.165, 1.54) is 13.1 Å². The summed E-state index contributed by atoms with van der Waals surface area (Å²) in [5.41, 5.74) is 4.50. The van der Waals surface area contributed by atoms with Crippen molar-refractivity contribution in [2.45, 2.75) is 6.42 Å². The number of halogens is 1. The van der Waals surface area contributed by atoms with Crippen LogP contribution in [0.2, 0.25) is 0 Å². The van der Waals surface area contributed by atoms with Crippen molar-refractivity contribution in [1.82, 2.24) is 10.2 Å². The van der Waals surface area contributed by atoms with Crippen LogP contribution in [0.3, 0.4) is 0 Å². The summed E-state index contributed by atoms with van der Waals surface area (Å²) in [6.45, 7) is 5.07. The van der Waals surface area contributed by atoms with Crippen LogP contribution in [-0.4, -0.2) is 45.0 Å². The van der Waals surface area contributed by atoms with Gasteiger partial charge in [-0.25, -0.2) is 0 Å². The number of rotatable bonds is 5. The lowest BCUT2D eigenvalue weighted by Crippen LogP contribution is -2.25. The first-order chi connectivity index (χ1) is 6.16. The number of nitrogens with one attached hydrogen (secondary N) is 1. The fourth-order valence-corrected chi connectivity index (χ4v) is 0.679. The van der Waals surface area contributed by atoms with Crippen molar-refractivity contribution >= 4 is 18.3 Å². The molecule has 0 bridgehead atoms. The zero-order chi connectivity index (χ0) is 10.7. The molecule has 0 aliphatic heterocycles. The fourth-order valence-electron chi connectivity index (χ4n) is 0.679. The molecule has 1 amide bonds. The minimum Gasteiger partial charge on any atom is -0.353 e. The van der Waals surface area contributed by atoms with Crippen molar-refractivity contribution in [1.29, 1.82) is 0 Å². The maximum atomic E-state index is 10.6. The van der Waals surface area contributed by atoms with Gasteiger partial charge in [-0.1, -0.05) is 6.58 Å². The summed E-state index contributed by atoms with van der Waals surface area (Å²) >= 11 is 0. The first kappa shape index (κ1) is 19.1. The molecule has 5 heteroatoms. The lowest BCUT2D eigenvalue weighted by molar-refractivity contribution is -0.116. The van der Waals surface area contributed by atoms with E-state index in [9.17, 15) is 4.79 Å². The molecule has 0 heterocycles. The number of hydrogen-bond acceptors (Lipinski definition) is 3. The third-order valence-electron chi connectivity index (χ3n) is 1.27. The van der Waals surface area contributed by atoms with Crippen molar-refractivity contribution in [3.05, 3.63) is 12.7 Å². The Bertz CT molecular complexity index is 140. The summed E-state index contributed by atoms with van der Waals surface area (Å²) in [7, 11) is 5.52. The summed E-state index contributed by atoms with van der Waals surface area (Å²) in [6, 6.07) is 0. The molecule has 0 aliphatic carbocycles. The number of carbonyl (C=O) groups is 1. The van der Waals surface area contributed by atoms with Gasteiger partial charge in [0.15, 0.2) is 0 Å². The molecule has 0 aromatic heterocycles.